The van der Waals surface area contributed by atoms with Crippen molar-refractivity contribution in [1.29, 1.82) is 0 Å². The van der Waals surface area contributed by atoms with Crippen molar-refractivity contribution in [2.24, 2.45) is 0 Å². The maximum atomic E-state index is 11.5. The van der Waals surface area contributed by atoms with E-state index in [2.05, 4.69) is 18.3 Å². The number of aryl methyl sites for hydroxylation is 2. The summed E-state index contributed by atoms with van der Waals surface area (Å²) < 4.78 is 0. The molecule has 1 amide bonds. The lowest BCUT2D eigenvalue weighted by atomic mass is 10.1. The van der Waals surface area contributed by atoms with Crippen molar-refractivity contribution < 1.29 is 4.79 Å². The van der Waals surface area contributed by atoms with E-state index in [0.717, 1.165) is 24.1 Å². The Morgan fingerprint density at radius 1 is 1.33 bits per heavy atom. The summed E-state index contributed by atoms with van der Waals surface area (Å²) in [5.74, 6) is 0.116. The Labute approximate surface area is 91.7 Å². The number of rotatable bonds is 4. The van der Waals surface area contributed by atoms with Gasteiger partial charge in [0, 0.05) is 12.1 Å². The van der Waals surface area contributed by atoms with Crippen LogP contribution in [0.15, 0.2) is 18.2 Å². The number of unbranched alkanes of at least 4 members (excludes halogenated alkanes) is 1. The summed E-state index contributed by atoms with van der Waals surface area (Å²) in [5.41, 5.74) is 3.23. The van der Waals surface area contributed by atoms with Gasteiger partial charge in [-0.15, -0.1) is 0 Å². The molecule has 0 bridgehead atoms. The Bertz CT molecular complexity index is 344. The lowest BCUT2D eigenvalue weighted by molar-refractivity contribution is -0.116. The third kappa shape index (κ3) is 3.74. The molecule has 0 aliphatic heterocycles. The SMILES string of the molecule is CCCCC(=O)Nc1cc(C)ccc1C. The fraction of sp³-hybridized carbons (Fsp3) is 0.462. The predicted molar refractivity (Wildman–Crippen MR) is 64.1 cm³/mol. The first-order chi connectivity index (χ1) is 7.13. The van der Waals surface area contributed by atoms with Gasteiger partial charge in [0.1, 0.15) is 0 Å². The van der Waals surface area contributed by atoms with Gasteiger partial charge in [0.25, 0.3) is 0 Å². The van der Waals surface area contributed by atoms with Gasteiger partial charge < -0.3 is 5.32 Å². The summed E-state index contributed by atoms with van der Waals surface area (Å²) in [6.07, 6.45) is 2.63. The largest absolute Gasteiger partial charge is 0.326 e. The summed E-state index contributed by atoms with van der Waals surface area (Å²) in [5, 5.41) is 2.95. The van der Waals surface area contributed by atoms with E-state index in [-0.39, 0.29) is 5.91 Å². The monoisotopic (exact) mass is 205 g/mol. The van der Waals surface area contributed by atoms with E-state index >= 15 is 0 Å². The van der Waals surface area contributed by atoms with Gasteiger partial charge in [-0.2, -0.15) is 0 Å². The Balaban J connectivity index is 2.63. The molecule has 1 aromatic rings. The van der Waals surface area contributed by atoms with E-state index in [0.29, 0.717) is 6.42 Å². The third-order valence-corrected chi connectivity index (χ3v) is 2.42. The van der Waals surface area contributed by atoms with Crippen molar-refractivity contribution >= 4 is 11.6 Å². The third-order valence-electron chi connectivity index (χ3n) is 2.42. The van der Waals surface area contributed by atoms with Crippen molar-refractivity contribution in [1.82, 2.24) is 0 Å². The number of hydrogen-bond donors (Lipinski definition) is 1. The highest BCUT2D eigenvalue weighted by Crippen LogP contribution is 2.16. The standard InChI is InChI=1S/C13H19NO/c1-4-5-6-13(15)14-12-9-10(2)7-8-11(12)3/h7-9H,4-6H2,1-3H3,(H,14,15). The molecule has 0 saturated heterocycles. The second-order valence-electron chi connectivity index (χ2n) is 3.97. The number of nitrogens with one attached hydrogen (secondary N) is 1. The molecule has 0 aliphatic rings. The van der Waals surface area contributed by atoms with Crippen molar-refractivity contribution in [3.8, 4) is 0 Å². The zero-order chi connectivity index (χ0) is 11.3. The molecule has 0 atom stereocenters. The zero-order valence-electron chi connectivity index (χ0n) is 9.76. The maximum absolute atomic E-state index is 11.5. The Hall–Kier alpha value is -1.31. The molecule has 2 heteroatoms. The molecular formula is C13H19NO. The van der Waals surface area contributed by atoms with Gasteiger partial charge in [-0.25, -0.2) is 0 Å². The lowest BCUT2D eigenvalue weighted by Gasteiger charge is -2.08. The minimum absolute atomic E-state index is 0.116. The molecule has 0 unspecified atom stereocenters. The predicted octanol–water partition coefficient (Wildman–Crippen LogP) is 3.43. The highest BCUT2D eigenvalue weighted by Gasteiger charge is 2.03. The molecule has 2 nitrogen and oxygen atoms in total. The second kappa shape index (κ2) is 5.54. The van der Waals surface area contributed by atoms with Crippen LogP contribution in [0.3, 0.4) is 0 Å². The van der Waals surface area contributed by atoms with Crippen LogP contribution in [-0.4, -0.2) is 5.91 Å². The Morgan fingerprint density at radius 2 is 2.07 bits per heavy atom. The van der Waals surface area contributed by atoms with E-state index in [1.54, 1.807) is 0 Å². The van der Waals surface area contributed by atoms with Gasteiger partial charge in [0.2, 0.25) is 5.91 Å². The second-order valence-corrected chi connectivity index (χ2v) is 3.97. The number of benzene rings is 1. The molecule has 0 fully saturated rings. The molecule has 82 valence electrons. The fourth-order valence-electron chi connectivity index (χ4n) is 1.42. The van der Waals surface area contributed by atoms with Crippen LogP contribution in [0.4, 0.5) is 5.69 Å². The van der Waals surface area contributed by atoms with Crippen LogP contribution in [0, 0.1) is 13.8 Å². The smallest absolute Gasteiger partial charge is 0.224 e. The van der Waals surface area contributed by atoms with Gasteiger partial charge >= 0.3 is 0 Å². The summed E-state index contributed by atoms with van der Waals surface area (Å²) in [6, 6.07) is 6.10. The van der Waals surface area contributed by atoms with Crippen LogP contribution in [-0.2, 0) is 4.79 Å². The molecule has 1 N–H and O–H groups in total. The molecule has 0 aliphatic carbocycles. The van der Waals surface area contributed by atoms with E-state index in [1.165, 1.54) is 5.56 Å². The summed E-state index contributed by atoms with van der Waals surface area (Å²) in [6.45, 7) is 6.13. The minimum atomic E-state index is 0.116. The van der Waals surface area contributed by atoms with E-state index in [4.69, 9.17) is 0 Å². The van der Waals surface area contributed by atoms with Gasteiger partial charge in [0.15, 0.2) is 0 Å². The average molecular weight is 205 g/mol. The normalized spacial score (nSPS) is 10.1. The van der Waals surface area contributed by atoms with Crippen molar-refractivity contribution in [3.05, 3.63) is 29.3 Å². The van der Waals surface area contributed by atoms with Crippen LogP contribution in [0.1, 0.15) is 37.3 Å². The molecule has 0 saturated carbocycles. The van der Waals surface area contributed by atoms with Gasteiger partial charge in [-0.05, 0) is 37.5 Å². The molecule has 0 spiro atoms. The van der Waals surface area contributed by atoms with Crippen LogP contribution in [0.2, 0.25) is 0 Å². The first-order valence-corrected chi connectivity index (χ1v) is 5.50. The zero-order valence-corrected chi connectivity index (χ0v) is 9.76. The average Bonchev–Trinajstić information content (AvgIpc) is 2.20. The lowest BCUT2D eigenvalue weighted by Crippen LogP contribution is -2.11. The molecule has 1 aromatic carbocycles. The van der Waals surface area contributed by atoms with Crippen molar-refractivity contribution in [3.63, 3.8) is 0 Å². The van der Waals surface area contributed by atoms with Gasteiger partial charge in [0.05, 0.1) is 0 Å². The number of carbonyl (C=O) groups is 1. The molecule has 0 aromatic heterocycles. The molecule has 1 rings (SSSR count). The van der Waals surface area contributed by atoms with E-state index < -0.39 is 0 Å². The summed E-state index contributed by atoms with van der Waals surface area (Å²) in [7, 11) is 0. The highest BCUT2D eigenvalue weighted by molar-refractivity contribution is 5.91. The summed E-state index contributed by atoms with van der Waals surface area (Å²) in [4.78, 5) is 11.5. The Morgan fingerprint density at radius 3 is 2.73 bits per heavy atom. The van der Waals surface area contributed by atoms with Crippen LogP contribution in [0.25, 0.3) is 0 Å². The first-order valence-electron chi connectivity index (χ1n) is 5.50. The molecular weight excluding hydrogens is 186 g/mol. The molecule has 15 heavy (non-hydrogen) atoms. The van der Waals surface area contributed by atoms with Gasteiger partial charge in [-0.1, -0.05) is 25.5 Å². The Kier molecular flexibility index (Phi) is 4.35. The highest BCUT2D eigenvalue weighted by atomic mass is 16.1. The van der Waals surface area contributed by atoms with Crippen LogP contribution >= 0.6 is 0 Å². The molecule has 0 radical (unpaired) electrons. The quantitative estimate of drug-likeness (QED) is 0.801. The minimum Gasteiger partial charge on any atom is -0.326 e. The fourth-order valence-corrected chi connectivity index (χ4v) is 1.42. The number of carbonyl (C=O) groups excluding carboxylic acids is 1. The number of hydrogen-bond acceptors (Lipinski definition) is 1. The van der Waals surface area contributed by atoms with E-state index in [1.807, 2.05) is 26.0 Å². The van der Waals surface area contributed by atoms with Crippen LogP contribution < -0.4 is 5.32 Å². The first kappa shape index (κ1) is 11.8. The molecule has 0 heterocycles. The maximum Gasteiger partial charge on any atom is 0.224 e. The van der Waals surface area contributed by atoms with Crippen LogP contribution in [0.5, 0.6) is 0 Å². The topological polar surface area (TPSA) is 29.1 Å². The number of anilines is 1. The summed E-state index contributed by atoms with van der Waals surface area (Å²) >= 11 is 0. The van der Waals surface area contributed by atoms with Crippen molar-refractivity contribution in [2.75, 3.05) is 5.32 Å². The van der Waals surface area contributed by atoms with E-state index in [9.17, 15) is 4.79 Å². The van der Waals surface area contributed by atoms with Gasteiger partial charge in [-0.3, -0.25) is 4.79 Å². The van der Waals surface area contributed by atoms with Crippen molar-refractivity contribution in [2.45, 2.75) is 40.0 Å². The number of amides is 1.